The number of alkyl carbamates (subject to hydrolysis) is 1. The monoisotopic (exact) mass is 378 g/mol. The molecule has 1 aromatic carbocycles. The first kappa shape index (κ1) is 17.6. The number of amides is 2. The van der Waals surface area contributed by atoms with Crippen LogP contribution in [0.1, 0.15) is 31.4 Å². The van der Waals surface area contributed by atoms with E-state index in [0.717, 1.165) is 18.4 Å². The van der Waals surface area contributed by atoms with Gasteiger partial charge in [-0.05, 0) is 30.5 Å². The zero-order valence-electron chi connectivity index (χ0n) is 14.6. The van der Waals surface area contributed by atoms with Crippen molar-refractivity contribution >= 4 is 23.6 Å². The zero-order valence-corrected chi connectivity index (χ0v) is 15.4. The third kappa shape index (κ3) is 3.15. The van der Waals surface area contributed by atoms with Crippen LogP contribution in [0.25, 0.3) is 0 Å². The van der Waals surface area contributed by atoms with E-state index >= 15 is 0 Å². The Hall–Kier alpha value is -1.83. The van der Waals surface area contributed by atoms with E-state index in [1.165, 1.54) is 0 Å². The van der Waals surface area contributed by atoms with E-state index in [-0.39, 0.29) is 23.9 Å². The van der Waals surface area contributed by atoms with E-state index in [1.807, 2.05) is 29.2 Å². The van der Waals surface area contributed by atoms with E-state index in [4.69, 9.17) is 16.3 Å². The minimum Gasteiger partial charge on any atom is -0.439 e. The summed E-state index contributed by atoms with van der Waals surface area (Å²) in [6.45, 7) is 3.66. The molecule has 4 unspecified atom stereocenters. The normalized spacial score (nSPS) is 34.0. The Morgan fingerprint density at radius 3 is 2.77 bits per heavy atom. The van der Waals surface area contributed by atoms with Crippen molar-refractivity contribution < 1.29 is 14.3 Å². The van der Waals surface area contributed by atoms with Gasteiger partial charge < -0.3 is 15.0 Å². The molecule has 4 atom stereocenters. The lowest BCUT2D eigenvalue weighted by molar-refractivity contribution is -0.139. The van der Waals surface area contributed by atoms with Crippen LogP contribution in [0.3, 0.4) is 0 Å². The quantitative estimate of drug-likeness (QED) is 0.728. The fourth-order valence-electron chi connectivity index (χ4n) is 4.19. The Bertz CT molecular complexity index is 713. The highest BCUT2D eigenvalue weighted by Crippen LogP contribution is 2.32. The Kier molecular flexibility index (Phi) is 4.54. The van der Waals surface area contributed by atoms with Gasteiger partial charge in [-0.25, -0.2) is 15.6 Å². The summed E-state index contributed by atoms with van der Waals surface area (Å²) < 4.78 is 5.47. The lowest BCUT2D eigenvalue weighted by atomic mass is 9.88. The Labute approximate surface area is 157 Å². The average Bonchev–Trinajstić information content (AvgIpc) is 3.18. The predicted octanol–water partition coefficient (Wildman–Crippen LogP) is 1.59. The molecule has 0 radical (unpaired) electrons. The SMILES string of the molecule is CC1C(C(=O)N2CCCC3(CNC(=O)O3)C2)NNC1c1ccc(Cl)cc1. The van der Waals surface area contributed by atoms with Gasteiger partial charge in [-0.3, -0.25) is 4.79 Å². The van der Waals surface area contributed by atoms with Crippen LogP contribution < -0.4 is 16.2 Å². The van der Waals surface area contributed by atoms with Crippen LogP contribution in [-0.4, -0.2) is 48.2 Å². The van der Waals surface area contributed by atoms with Crippen molar-refractivity contribution in [2.75, 3.05) is 19.6 Å². The molecule has 0 aromatic heterocycles. The molecule has 3 aliphatic rings. The second-order valence-corrected chi connectivity index (χ2v) is 7.88. The van der Waals surface area contributed by atoms with Crippen LogP contribution in [0, 0.1) is 5.92 Å². The predicted molar refractivity (Wildman–Crippen MR) is 96.4 cm³/mol. The number of hydrogen-bond donors (Lipinski definition) is 3. The molecule has 0 bridgehead atoms. The maximum Gasteiger partial charge on any atom is 0.407 e. The minimum absolute atomic E-state index is 0.0333. The van der Waals surface area contributed by atoms with Crippen LogP contribution in [0.5, 0.6) is 0 Å². The van der Waals surface area contributed by atoms with Crippen molar-refractivity contribution in [1.29, 1.82) is 0 Å². The lowest BCUT2D eigenvalue weighted by Crippen LogP contribution is -2.56. The molecule has 3 saturated heterocycles. The molecule has 4 rings (SSSR count). The lowest BCUT2D eigenvalue weighted by Gasteiger charge is -2.39. The van der Waals surface area contributed by atoms with Gasteiger partial charge in [0.25, 0.3) is 0 Å². The smallest absolute Gasteiger partial charge is 0.407 e. The summed E-state index contributed by atoms with van der Waals surface area (Å²) >= 11 is 5.97. The van der Waals surface area contributed by atoms with Crippen molar-refractivity contribution in [2.45, 2.75) is 37.5 Å². The molecule has 3 fully saturated rings. The van der Waals surface area contributed by atoms with Crippen molar-refractivity contribution in [1.82, 2.24) is 21.1 Å². The van der Waals surface area contributed by atoms with E-state index in [1.54, 1.807) is 0 Å². The van der Waals surface area contributed by atoms with Crippen molar-refractivity contribution in [2.24, 2.45) is 5.92 Å². The summed E-state index contributed by atoms with van der Waals surface area (Å²) in [6.07, 6.45) is 1.22. The maximum atomic E-state index is 13.1. The Balaban J connectivity index is 1.45. The van der Waals surface area contributed by atoms with E-state index in [0.29, 0.717) is 24.7 Å². The highest BCUT2D eigenvalue weighted by molar-refractivity contribution is 6.30. The zero-order chi connectivity index (χ0) is 18.3. The number of carbonyl (C=O) groups is 2. The van der Waals surface area contributed by atoms with Crippen molar-refractivity contribution in [3.63, 3.8) is 0 Å². The maximum absolute atomic E-state index is 13.1. The summed E-state index contributed by atoms with van der Waals surface area (Å²) in [5.74, 6) is 0.120. The summed E-state index contributed by atoms with van der Waals surface area (Å²) in [7, 11) is 0. The molecule has 3 heterocycles. The third-order valence-corrected chi connectivity index (χ3v) is 5.91. The van der Waals surface area contributed by atoms with Gasteiger partial charge in [0.05, 0.1) is 19.1 Å². The minimum atomic E-state index is -0.574. The van der Waals surface area contributed by atoms with Gasteiger partial charge >= 0.3 is 6.09 Å². The molecule has 1 spiro atoms. The van der Waals surface area contributed by atoms with Crippen LogP contribution >= 0.6 is 11.6 Å². The van der Waals surface area contributed by atoms with Gasteiger partial charge in [0.2, 0.25) is 5.91 Å². The molecule has 7 nitrogen and oxygen atoms in total. The fraction of sp³-hybridized carbons (Fsp3) is 0.556. The highest BCUT2D eigenvalue weighted by Gasteiger charge is 2.47. The first-order chi connectivity index (χ1) is 12.5. The molecule has 140 valence electrons. The van der Waals surface area contributed by atoms with Crippen LogP contribution in [0.2, 0.25) is 5.02 Å². The number of likely N-dealkylation sites (tertiary alicyclic amines) is 1. The average molecular weight is 379 g/mol. The molecule has 8 heteroatoms. The van der Waals surface area contributed by atoms with E-state index in [2.05, 4.69) is 23.1 Å². The fourth-order valence-corrected chi connectivity index (χ4v) is 4.32. The summed E-state index contributed by atoms with van der Waals surface area (Å²) in [4.78, 5) is 26.4. The number of rotatable bonds is 2. The standard InChI is InChI=1S/C18H23ClN4O3/c1-11-14(12-3-5-13(19)6-4-12)21-22-15(11)16(24)23-8-2-7-18(10-23)9-20-17(25)26-18/h3-6,11,14-15,21-22H,2,7-10H2,1H3,(H,20,25). The number of nitrogens with one attached hydrogen (secondary N) is 3. The third-order valence-electron chi connectivity index (χ3n) is 5.66. The van der Waals surface area contributed by atoms with Gasteiger partial charge in [0, 0.05) is 17.5 Å². The number of halogens is 1. The number of carbonyl (C=O) groups excluding carboxylic acids is 2. The number of piperidine rings is 1. The van der Waals surface area contributed by atoms with Gasteiger partial charge in [-0.2, -0.15) is 0 Å². The molecule has 0 aliphatic carbocycles. The van der Waals surface area contributed by atoms with E-state index < -0.39 is 11.7 Å². The summed E-state index contributed by atoms with van der Waals surface area (Å²) in [5.41, 5.74) is 6.92. The van der Waals surface area contributed by atoms with Crippen LogP contribution in [0.15, 0.2) is 24.3 Å². The molecule has 3 aliphatic heterocycles. The number of nitrogens with zero attached hydrogens (tertiary/aromatic N) is 1. The summed E-state index contributed by atoms with van der Waals surface area (Å²) in [5, 5.41) is 3.41. The van der Waals surface area contributed by atoms with E-state index in [9.17, 15) is 9.59 Å². The highest BCUT2D eigenvalue weighted by atomic mass is 35.5. The van der Waals surface area contributed by atoms with Gasteiger partial charge in [0.15, 0.2) is 0 Å². The molecular weight excluding hydrogens is 356 g/mol. The number of hydrogen-bond acceptors (Lipinski definition) is 5. The number of hydrazine groups is 1. The van der Waals surface area contributed by atoms with Crippen molar-refractivity contribution in [3.8, 4) is 0 Å². The van der Waals surface area contributed by atoms with Crippen LogP contribution in [0.4, 0.5) is 4.79 Å². The second kappa shape index (κ2) is 6.72. The Morgan fingerprint density at radius 1 is 1.31 bits per heavy atom. The van der Waals surface area contributed by atoms with Gasteiger partial charge in [0.1, 0.15) is 11.6 Å². The molecule has 2 amide bonds. The second-order valence-electron chi connectivity index (χ2n) is 7.44. The largest absolute Gasteiger partial charge is 0.439 e. The topological polar surface area (TPSA) is 82.7 Å². The van der Waals surface area contributed by atoms with Crippen LogP contribution in [-0.2, 0) is 9.53 Å². The molecule has 1 aromatic rings. The molecule has 26 heavy (non-hydrogen) atoms. The number of ether oxygens (including phenoxy) is 1. The first-order valence-corrected chi connectivity index (χ1v) is 9.37. The first-order valence-electron chi connectivity index (χ1n) is 9.00. The summed E-state index contributed by atoms with van der Waals surface area (Å²) in [6, 6.07) is 7.38. The molecule has 3 N–H and O–H groups in total. The van der Waals surface area contributed by atoms with Gasteiger partial charge in [-0.1, -0.05) is 30.7 Å². The van der Waals surface area contributed by atoms with Crippen molar-refractivity contribution in [3.05, 3.63) is 34.9 Å². The van der Waals surface area contributed by atoms with Gasteiger partial charge in [-0.15, -0.1) is 0 Å². The number of benzene rings is 1. The molecular formula is C18H23ClN4O3. The molecule has 0 saturated carbocycles. The Morgan fingerprint density at radius 2 is 2.08 bits per heavy atom.